The van der Waals surface area contributed by atoms with Crippen molar-refractivity contribution < 1.29 is 19.1 Å². The van der Waals surface area contributed by atoms with Crippen LogP contribution in [0.15, 0.2) is 54.6 Å². The minimum absolute atomic E-state index is 0.0216. The Hall–Kier alpha value is -3.39. The van der Waals surface area contributed by atoms with Gasteiger partial charge in [-0.2, -0.15) is 0 Å². The highest BCUT2D eigenvalue weighted by molar-refractivity contribution is 5.95. The van der Waals surface area contributed by atoms with Gasteiger partial charge in [-0.1, -0.05) is 30.3 Å². The summed E-state index contributed by atoms with van der Waals surface area (Å²) in [6, 6.07) is 16.6. The Kier molecular flexibility index (Phi) is 8.06. The number of rotatable bonds is 6. The van der Waals surface area contributed by atoms with Gasteiger partial charge in [0.05, 0.1) is 6.54 Å². The van der Waals surface area contributed by atoms with Crippen LogP contribution < -0.4 is 10.6 Å². The molecule has 2 N–H and O–H groups in total. The number of piperazine rings is 1. The molecule has 0 spiro atoms. The molecule has 176 valence electrons. The van der Waals surface area contributed by atoms with Crippen LogP contribution >= 0.6 is 0 Å². The fraction of sp³-hybridized carbons (Fsp3) is 0.400. The van der Waals surface area contributed by atoms with Crippen LogP contribution in [0.25, 0.3) is 0 Å². The van der Waals surface area contributed by atoms with Gasteiger partial charge in [-0.25, -0.2) is 4.79 Å². The molecule has 0 bridgehead atoms. The van der Waals surface area contributed by atoms with E-state index in [9.17, 15) is 14.4 Å². The van der Waals surface area contributed by atoms with E-state index < -0.39 is 11.7 Å². The van der Waals surface area contributed by atoms with Crippen molar-refractivity contribution in [1.82, 2.24) is 15.1 Å². The quantitative estimate of drug-likeness (QED) is 0.703. The molecule has 2 aromatic carbocycles. The molecule has 0 atom stereocenters. The average molecular weight is 453 g/mol. The van der Waals surface area contributed by atoms with Crippen LogP contribution in [0, 0.1) is 0 Å². The monoisotopic (exact) mass is 452 g/mol. The topological polar surface area (TPSA) is 91.0 Å². The molecule has 1 aliphatic rings. The summed E-state index contributed by atoms with van der Waals surface area (Å²) >= 11 is 0. The molecule has 33 heavy (non-hydrogen) atoms. The summed E-state index contributed by atoms with van der Waals surface area (Å²) in [4.78, 5) is 40.8. The highest BCUT2D eigenvalue weighted by atomic mass is 16.6. The van der Waals surface area contributed by atoms with Gasteiger partial charge in [0, 0.05) is 44.0 Å². The first-order valence-corrected chi connectivity index (χ1v) is 11.1. The largest absolute Gasteiger partial charge is 0.444 e. The minimum Gasteiger partial charge on any atom is -0.444 e. The Bertz CT molecular complexity index is 947. The average Bonchev–Trinajstić information content (AvgIpc) is 2.78. The number of anilines is 1. The number of hydrogen-bond acceptors (Lipinski definition) is 5. The van der Waals surface area contributed by atoms with Crippen LogP contribution in [-0.4, -0.2) is 66.0 Å². The molecule has 3 rings (SSSR count). The zero-order valence-electron chi connectivity index (χ0n) is 19.5. The number of nitrogens with zero attached hydrogens (tertiary/aromatic N) is 2. The lowest BCUT2D eigenvalue weighted by Crippen LogP contribution is -2.51. The second-order valence-electron chi connectivity index (χ2n) is 9.03. The van der Waals surface area contributed by atoms with E-state index in [0.29, 0.717) is 50.5 Å². The minimum atomic E-state index is -0.579. The Morgan fingerprint density at radius 1 is 0.909 bits per heavy atom. The third-order valence-corrected chi connectivity index (χ3v) is 5.14. The highest BCUT2D eigenvalue weighted by Gasteiger charge is 2.23. The molecule has 0 radical (unpaired) electrons. The van der Waals surface area contributed by atoms with Crippen LogP contribution in [0.5, 0.6) is 0 Å². The zero-order chi connectivity index (χ0) is 23.8. The number of amides is 3. The molecule has 1 saturated heterocycles. The summed E-state index contributed by atoms with van der Waals surface area (Å²) in [6.45, 7) is 8.62. The van der Waals surface area contributed by atoms with E-state index in [-0.39, 0.29) is 11.8 Å². The Morgan fingerprint density at radius 2 is 1.55 bits per heavy atom. The fourth-order valence-corrected chi connectivity index (χ4v) is 3.46. The van der Waals surface area contributed by atoms with Gasteiger partial charge in [0.1, 0.15) is 5.60 Å². The van der Waals surface area contributed by atoms with E-state index in [1.807, 2.05) is 30.3 Å². The van der Waals surface area contributed by atoms with Crippen LogP contribution in [-0.2, 0) is 16.1 Å². The first kappa shape index (κ1) is 24.3. The smallest absolute Gasteiger partial charge is 0.412 e. The van der Waals surface area contributed by atoms with E-state index in [2.05, 4.69) is 15.5 Å². The summed E-state index contributed by atoms with van der Waals surface area (Å²) < 4.78 is 5.23. The SMILES string of the molecule is CC(C)(C)OC(=O)Nc1ccc(C(=O)N2CCN(CC(=O)NCc3ccccc3)CC2)cc1. The summed E-state index contributed by atoms with van der Waals surface area (Å²) in [5, 5.41) is 5.60. The number of nitrogens with one attached hydrogen (secondary N) is 2. The molecule has 0 saturated carbocycles. The van der Waals surface area contributed by atoms with Gasteiger partial charge >= 0.3 is 6.09 Å². The molecular formula is C25H32N4O4. The lowest BCUT2D eigenvalue weighted by Gasteiger charge is -2.34. The maximum atomic E-state index is 12.8. The summed E-state index contributed by atoms with van der Waals surface area (Å²) in [5.74, 6) is -0.0845. The van der Waals surface area contributed by atoms with Gasteiger partial charge in [-0.3, -0.25) is 19.8 Å². The van der Waals surface area contributed by atoms with Crippen LogP contribution in [0.3, 0.4) is 0 Å². The van der Waals surface area contributed by atoms with Crippen molar-refractivity contribution in [2.45, 2.75) is 32.9 Å². The van der Waals surface area contributed by atoms with Crippen molar-refractivity contribution in [2.24, 2.45) is 0 Å². The number of benzene rings is 2. The molecule has 1 heterocycles. The lowest BCUT2D eigenvalue weighted by molar-refractivity contribution is -0.122. The van der Waals surface area contributed by atoms with Crippen molar-refractivity contribution in [3.63, 3.8) is 0 Å². The van der Waals surface area contributed by atoms with Crippen LogP contribution in [0.4, 0.5) is 10.5 Å². The predicted octanol–water partition coefficient (Wildman–Crippen LogP) is 3.11. The third-order valence-electron chi connectivity index (χ3n) is 5.14. The Morgan fingerprint density at radius 3 is 2.15 bits per heavy atom. The second kappa shape index (κ2) is 11.0. The molecule has 3 amide bonds. The lowest BCUT2D eigenvalue weighted by atomic mass is 10.1. The standard InChI is InChI=1S/C25H32N4O4/c1-25(2,3)33-24(32)27-21-11-9-20(10-12-21)23(31)29-15-13-28(14-16-29)18-22(30)26-17-19-7-5-4-6-8-19/h4-12H,13-18H2,1-3H3,(H,26,30)(H,27,32). The first-order chi connectivity index (χ1) is 15.7. The summed E-state index contributed by atoms with van der Waals surface area (Å²) in [7, 11) is 0. The zero-order valence-corrected chi connectivity index (χ0v) is 19.5. The summed E-state index contributed by atoms with van der Waals surface area (Å²) in [6.07, 6.45) is -0.537. The Balaban J connectivity index is 1.42. The van der Waals surface area contributed by atoms with Crippen molar-refractivity contribution >= 4 is 23.6 Å². The maximum Gasteiger partial charge on any atom is 0.412 e. The number of ether oxygens (including phenoxy) is 1. The van der Waals surface area contributed by atoms with Gasteiger partial charge in [0.25, 0.3) is 5.91 Å². The van der Waals surface area contributed by atoms with Gasteiger partial charge in [-0.05, 0) is 50.6 Å². The van der Waals surface area contributed by atoms with Gasteiger partial charge in [-0.15, -0.1) is 0 Å². The molecule has 0 unspecified atom stereocenters. The third kappa shape index (κ3) is 7.91. The van der Waals surface area contributed by atoms with Gasteiger partial charge in [0.2, 0.25) is 5.91 Å². The number of carbonyl (C=O) groups is 3. The van der Waals surface area contributed by atoms with E-state index in [0.717, 1.165) is 5.56 Å². The maximum absolute atomic E-state index is 12.8. The number of hydrogen-bond donors (Lipinski definition) is 2. The predicted molar refractivity (Wildman–Crippen MR) is 127 cm³/mol. The molecule has 8 heteroatoms. The molecule has 8 nitrogen and oxygen atoms in total. The molecule has 1 fully saturated rings. The molecule has 0 aliphatic carbocycles. The van der Waals surface area contributed by atoms with Crippen LogP contribution in [0.2, 0.25) is 0 Å². The molecule has 1 aliphatic heterocycles. The highest BCUT2D eigenvalue weighted by Crippen LogP contribution is 2.15. The van der Waals surface area contributed by atoms with E-state index in [1.54, 1.807) is 49.9 Å². The van der Waals surface area contributed by atoms with Crippen molar-refractivity contribution in [3.8, 4) is 0 Å². The van der Waals surface area contributed by atoms with Gasteiger partial charge in [0.15, 0.2) is 0 Å². The van der Waals surface area contributed by atoms with E-state index in [4.69, 9.17) is 4.74 Å². The first-order valence-electron chi connectivity index (χ1n) is 11.1. The van der Waals surface area contributed by atoms with Crippen LogP contribution in [0.1, 0.15) is 36.7 Å². The molecular weight excluding hydrogens is 420 g/mol. The fourth-order valence-electron chi connectivity index (χ4n) is 3.46. The van der Waals surface area contributed by atoms with E-state index in [1.165, 1.54) is 0 Å². The second-order valence-corrected chi connectivity index (χ2v) is 9.03. The van der Waals surface area contributed by atoms with Crippen molar-refractivity contribution in [1.29, 1.82) is 0 Å². The van der Waals surface area contributed by atoms with Crippen molar-refractivity contribution in [2.75, 3.05) is 38.0 Å². The van der Waals surface area contributed by atoms with Gasteiger partial charge < -0.3 is 15.0 Å². The van der Waals surface area contributed by atoms with Crippen molar-refractivity contribution in [3.05, 3.63) is 65.7 Å². The number of carbonyl (C=O) groups excluding carboxylic acids is 3. The summed E-state index contributed by atoms with van der Waals surface area (Å²) in [5.41, 5.74) is 1.60. The molecule has 0 aromatic heterocycles. The molecule has 2 aromatic rings. The normalized spacial score (nSPS) is 14.5. The Labute approximate surface area is 194 Å². The van der Waals surface area contributed by atoms with E-state index >= 15 is 0 Å².